The molecule has 0 bridgehead atoms. The van der Waals surface area contributed by atoms with E-state index in [-0.39, 0.29) is 17.5 Å². The van der Waals surface area contributed by atoms with Gasteiger partial charge in [0.05, 0.1) is 6.10 Å². The smallest absolute Gasteiger partial charge is 0.267 e. The summed E-state index contributed by atoms with van der Waals surface area (Å²) in [4.78, 5) is 26.2. The van der Waals surface area contributed by atoms with Crippen LogP contribution >= 0.6 is 11.3 Å². The maximum absolute atomic E-state index is 12.7. The van der Waals surface area contributed by atoms with E-state index in [1.165, 1.54) is 24.2 Å². The Balaban J connectivity index is 1.55. The van der Waals surface area contributed by atoms with Crippen LogP contribution < -0.4 is 10.6 Å². The molecule has 1 aromatic carbocycles. The second kappa shape index (κ2) is 10.9. The molecular formula is C23H28N2O3S. The average Bonchev–Trinajstić information content (AvgIpc) is 3.41. The van der Waals surface area contributed by atoms with Gasteiger partial charge >= 0.3 is 0 Å². The molecule has 5 nitrogen and oxygen atoms in total. The predicted octanol–water partition coefficient (Wildman–Crippen LogP) is 4.29. The fraction of sp³-hybridized carbons (Fsp3) is 0.391. The van der Waals surface area contributed by atoms with Crippen LogP contribution in [0.15, 0.2) is 47.5 Å². The highest BCUT2D eigenvalue weighted by Crippen LogP contribution is 2.20. The quantitative estimate of drug-likeness (QED) is 0.477. The van der Waals surface area contributed by atoms with E-state index in [0.29, 0.717) is 24.8 Å². The highest BCUT2D eigenvalue weighted by molar-refractivity contribution is 7.10. The number of rotatable bonds is 9. The molecular weight excluding hydrogens is 384 g/mol. The molecule has 0 atom stereocenters. The van der Waals surface area contributed by atoms with Crippen molar-refractivity contribution in [1.82, 2.24) is 10.6 Å². The standard InChI is InChI=1S/C23H28N2O3S/c1-17-9-11-18(12-10-17)22(26)25-21(16-20-8-4-15-29-20)23(27)24-13-5-14-28-19-6-2-3-7-19/h4,8-12,15-16,19H,2-3,5-7,13-14H2,1H3,(H,24,27)(H,25,26)/b21-16-. The first-order valence-corrected chi connectivity index (χ1v) is 11.0. The Morgan fingerprint density at radius 1 is 1.17 bits per heavy atom. The van der Waals surface area contributed by atoms with Crippen molar-refractivity contribution in [2.24, 2.45) is 0 Å². The SMILES string of the molecule is Cc1ccc(C(=O)N/C(=C\c2cccs2)C(=O)NCCCOC2CCCC2)cc1. The third-order valence-electron chi connectivity index (χ3n) is 4.90. The summed E-state index contributed by atoms with van der Waals surface area (Å²) in [6.45, 7) is 3.12. The number of nitrogens with one attached hydrogen (secondary N) is 2. The molecule has 3 rings (SSSR count). The number of amides is 2. The first-order valence-electron chi connectivity index (χ1n) is 10.1. The van der Waals surface area contributed by atoms with E-state index in [0.717, 1.165) is 29.7 Å². The van der Waals surface area contributed by atoms with Crippen molar-refractivity contribution >= 4 is 29.2 Å². The van der Waals surface area contributed by atoms with Gasteiger partial charge in [-0.1, -0.05) is 36.6 Å². The van der Waals surface area contributed by atoms with Crippen molar-refractivity contribution in [2.45, 2.75) is 45.1 Å². The summed E-state index contributed by atoms with van der Waals surface area (Å²) in [5, 5.41) is 7.59. The first kappa shape index (κ1) is 21.3. The molecule has 1 aromatic heterocycles. The minimum Gasteiger partial charge on any atom is -0.378 e. The van der Waals surface area contributed by atoms with Crippen molar-refractivity contribution in [2.75, 3.05) is 13.2 Å². The number of aryl methyl sites for hydroxylation is 1. The number of benzene rings is 1. The Morgan fingerprint density at radius 2 is 1.93 bits per heavy atom. The molecule has 1 aliphatic rings. The van der Waals surface area contributed by atoms with Gasteiger partial charge in [0.1, 0.15) is 5.70 Å². The monoisotopic (exact) mass is 412 g/mol. The molecule has 2 amide bonds. The van der Waals surface area contributed by atoms with Crippen molar-refractivity contribution < 1.29 is 14.3 Å². The molecule has 29 heavy (non-hydrogen) atoms. The Bertz CT molecular complexity index is 822. The third-order valence-corrected chi connectivity index (χ3v) is 5.72. The highest BCUT2D eigenvalue weighted by atomic mass is 32.1. The van der Waals surface area contributed by atoms with Crippen LogP contribution in [0.4, 0.5) is 0 Å². The van der Waals surface area contributed by atoms with Crippen LogP contribution in [-0.4, -0.2) is 31.1 Å². The molecule has 1 saturated carbocycles. The summed E-state index contributed by atoms with van der Waals surface area (Å²) in [5.74, 6) is -0.591. The molecule has 0 radical (unpaired) electrons. The lowest BCUT2D eigenvalue weighted by Crippen LogP contribution is -2.35. The number of ether oxygens (including phenoxy) is 1. The predicted molar refractivity (Wildman–Crippen MR) is 117 cm³/mol. The molecule has 0 saturated heterocycles. The number of hydrogen-bond donors (Lipinski definition) is 2. The third kappa shape index (κ3) is 6.84. The largest absolute Gasteiger partial charge is 0.378 e. The van der Waals surface area contributed by atoms with E-state index in [2.05, 4.69) is 10.6 Å². The normalized spacial score (nSPS) is 14.7. The fourth-order valence-electron chi connectivity index (χ4n) is 3.25. The van der Waals surface area contributed by atoms with E-state index in [9.17, 15) is 9.59 Å². The van der Waals surface area contributed by atoms with Gasteiger partial charge in [0.15, 0.2) is 0 Å². The molecule has 0 aliphatic heterocycles. The van der Waals surface area contributed by atoms with Gasteiger partial charge in [-0.25, -0.2) is 0 Å². The fourth-order valence-corrected chi connectivity index (χ4v) is 3.91. The summed E-state index contributed by atoms with van der Waals surface area (Å²) < 4.78 is 5.83. The lowest BCUT2D eigenvalue weighted by molar-refractivity contribution is -0.117. The Kier molecular flexibility index (Phi) is 8.02. The lowest BCUT2D eigenvalue weighted by Gasteiger charge is -2.13. The van der Waals surface area contributed by atoms with Gasteiger partial charge in [0.25, 0.3) is 11.8 Å². The van der Waals surface area contributed by atoms with E-state index < -0.39 is 0 Å². The summed E-state index contributed by atoms with van der Waals surface area (Å²) in [6, 6.07) is 11.1. The van der Waals surface area contributed by atoms with Crippen LogP contribution in [-0.2, 0) is 9.53 Å². The Hall–Kier alpha value is -2.44. The first-order chi connectivity index (χ1) is 14.1. The second-order valence-electron chi connectivity index (χ2n) is 7.28. The van der Waals surface area contributed by atoms with Crippen molar-refractivity contribution in [3.8, 4) is 0 Å². The summed E-state index contributed by atoms with van der Waals surface area (Å²) in [5.41, 5.74) is 1.84. The number of hydrogen-bond acceptors (Lipinski definition) is 4. The van der Waals surface area contributed by atoms with Crippen LogP contribution in [0, 0.1) is 6.92 Å². The molecule has 1 fully saturated rings. The number of thiophene rings is 1. The van der Waals surface area contributed by atoms with Crippen LogP contribution in [0.2, 0.25) is 0 Å². The molecule has 6 heteroatoms. The van der Waals surface area contributed by atoms with E-state index in [1.807, 2.05) is 36.6 Å². The minimum absolute atomic E-state index is 0.245. The van der Waals surface area contributed by atoms with Crippen molar-refractivity contribution in [1.29, 1.82) is 0 Å². The molecule has 2 aromatic rings. The van der Waals surface area contributed by atoms with Crippen LogP contribution in [0.3, 0.4) is 0 Å². The average molecular weight is 413 g/mol. The van der Waals surface area contributed by atoms with E-state index in [1.54, 1.807) is 18.2 Å². The Morgan fingerprint density at radius 3 is 2.62 bits per heavy atom. The van der Waals surface area contributed by atoms with Crippen LogP contribution in [0.5, 0.6) is 0 Å². The zero-order valence-electron chi connectivity index (χ0n) is 16.8. The zero-order valence-corrected chi connectivity index (χ0v) is 17.6. The molecule has 1 aliphatic carbocycles. The molecule has 0 unspecified atom stereocenters. The van der Waals surface area contributed by atoms with Gasteiger partial charge in [0, 0.05) is 23.6 Å². The van der Waals surface area contributed by atoms with Crippen molar-refractivity contribution in [3.63, 3.8) is 0 Å². The number of carbonyl (C=O) groups excluding carboxylic acids is 2. The molecule has 1 heterocycles. The van der Waals surface area contributed by atoms with Gasteiger partial charge in [0.2, 0.25) is 0 Å². The minimum atomic E-state index is -0.299. The lowest BCUT2D eigenvalue weighted by atomic mass is 10.1. The summed E-state index contributed by atoms with van der Waals surface area (Å²) in [6.07, 6.45) is 7.63. The van der Waals surface area contributed by atoms with E-state index >= 15 is 0 Å². The van der Waals surface area contributed by atoms with Gasteiger partial charge < -0.3 is 15.4 Å². The topological polar surface area (TPSA) is 67.4 Å². The zero-order chi connectivity index (χ0) is 20.5. The summed E-state index contributed by atoms with van der Waals surface area (Å²) in [7, 11) is 0. The second-order valence-corrected chi connectivity index (χ2v) is 8.26. The Labute approximate surface area is 176 Å². The van der Waals surface area contributed by atoms with Gasteiger partial charge in [-0.3, -0.25) is 9.59 Å². The molecule has 2 N–H and O–H groups in total. The summed E-state index contributed by atoms with van der Waals surface area (Å²) >= 11 is 1.51. The number of carbonyl (C=O) groups is 2. The molecule has 0 spiro atoms. The van der Waals surface area contributed by atoms with Gasteiger partial charge in [-0.05, 0) is 55.8 Å². The van der Waals surface area contributed by atoms with Crippen LogP contribution in [0.25, 0.3) is 6.08 Å². The highest BCUT2D eigenvalue weighted by Gasteiger charge is 2.16. The van der Waals surface area contributed by atoms with Gasteiger partial charge in [-0.15, -0.1) is 11.3 Å². The van der Waals surface area contributed by atoms with E-state index in [4.69, 9.17) is 4.74 Å². The van der Waals surface area contributed by atoms with Gasteiger partial charge in [-0.2, -0.15) is 0 Å². The van der Waals surface area contributed by atoms with Crippen LogP contribution in [0.1, 0.15) is 52.9 Å². The maximum Gasteiger partial charge on any atom is 0.267 e. The maximum atomic E-state index is 12.7. The molecule has 154 valence electrons. The van der Waals surface area contributed by atoms with Crippen molar-refractivity contribution in [3.05, 3.63) is 63.5 Å².